The molecule has 1 N–H and O–H groups in total. The van der Waals surface area contributed by atoms with Crippen LogP contribution in [0.15, 0.2) is 76.4 Å². The number of carbonyl (C=O) groups excluding carboxylic acids is 1. The van der Waals surface area contributed by atoms with Crippen molar-refractivity contribution in [2.24, 2.45) is 0 Å². The van der Waals surface area contributed by atoms with Gasteiger partial charge in [-0.3, -0.25) is 14.9 Å². The molecule has 9 heteroatoms. The van der Waals surface area contributed by atoms with Gasteiger partial charge in [-0.25, -0.2) is 4.98 Å². The van der Waals surface area contributed by atoms with Gasteiger partial charge in [0.25, 0.3) is 10.9 Å². The van der Waals surface area contributed by atoms with Crippen LogP contribution in [-0.2, 0) is 4.79 Å². The van der Waals surface area contributed by atoms with Crippen LogP contribution in [0.1, 0.15) is 0 Å². The first-order valence-electron chi connectivity index (χ1n) is 8.81. The van der Waals surface area contributed by atoms with Crippen molar-refractivity contribution >= 4 is 51.7 Å². The highest BCUT2D eigenvalue weighted by molar-refractivity contribution is 7.99. The molecule has 0 fully saturated rings. The molecule has 0 aliphatic carbocycles. The predicted molar refractivity (Wildman–Crippen MR) is 117 cm³/mol. The predicted octanol–water partition coefficient (Wildman–Crippen LogP) is 5.79. The molecule has 0 aliphatic rings. The van der Waals surface area contributed by atoms with E-state index in [0.717, 1.165) is 11.1 Å². The Labute approximate surface area is 180 Å². The van der Waals surface area contributed by atoms with E-state index in [9.17, 15) is 14.9 Å². The van der Waals surface area contributed by atoms with Crippen molar-refractivity contribution in [2.45, 2.75) is 5.22 Å². The molecular weight excluding hydrogens is 426 g/mol. The number of oxazole rings is 1. The average Bonchev–Trinajstić information content (AvgIpc) is 3.15. The second-order valence-electron chi connectivity index (χ2n) is 6.31. The summed E-state index contributed by atoms with van der Waals surface area (Å²) in [6.07, 6.45) is 0. The fourth-order valence-electron chi connectivity index (χ4n) is 2.79. The minimum Gasteiger partial charge on any atom is -0.431 e. The molecule has 1 amide bonds. The molecule has 0 bridgehead atoms. The number of carbonyl (C=O) groups is 1. The van der Waals surface area contributed by atoms with Gasteiger partial charge in [-0.05, 0) is 53.6 Å². The summed E-state index contributed by atoms with van der Waals surface area (Å²) in [6, 6.07) is 18.7. The maximum atomic E-state index is 12.2. The first kappa shape index (κ1) is 19.9. The lowest BCUT2D eigenvalue weighted by Gasteiger charge is -2.06. The Balaban J connectivity index is 1.35. The lowest BCUT2D eigenvalue weighted by molar-refractivity contribution is -0.384. The molecule has 0 saturated heterocycles. The van der Waals surface area contributed by atoms with E-state index in [0.29, 0.717) is 27.0 Å². The van der Waals surface area contributed by atoms with Crippen molar-refractivity contribution in [3.63, 3.8) is 0 Å². The molecule has 0 saturated carbocycles. The fourth-order valence-corrected chi connectivity index (χ4v) is 3.59. The quantitative estimate of drug-likeness (QED) is 0.232. The summed E-state index contributed by atoms with van der Waals surface area (Å²) in [7, 11) is 0. The highest BCUT2D eigenvalue weighted by Crippen LogP contribution is 2.26. The van der Waals surface area contributed by atoms with Gasteiger partial charge in [0.1, 0.15) is 5.52 Å². The number of nitro groups is 1. The Bertz CT molecular complexity index is 1220. The van der Waals surface area contributed by atoms with Gasteiger partial charge in [0.2, 0.25) is 5.91 Å². The summed E-state index contributed by atoms with van der Waals surface area (Å²) in [5, 5.41) is 14.5. The van der Waals surface area contributed by atoms with Crippen LogP contribution in [-0.4, -0.2) is 21.6 Å². The minimum absolute atomic E-state index is 0.0437. The van der Waals surface area contributed by atoms with Crippen LogP contribution in [0.4, 0.5) is 11.4 Å². The number of aromatic nitrogens is 1. The van der Waals surface area contributed by atoms with E-state index >= 15 is 0 Å². The minimum atomic E-state index is -0.434. The van der Waals surface area contributed by atoms with Gasteiger partial charge in [-0.15, -0.1) is 0 Å². The van der Waals surface area contributed by atoms with Gasteiger partial charge in [0.15, 0.2) is 5.58 Å². The Morgan fingerprint density at radius 3 is 2.40 bits per heavy atom. The summed E-state index contributed by atoms with van der Waals surface area (Å²) >= 11 is 7.13. The number of rotatable bonds is 6. The van der Waals surface area contributed by atoms with E-state index in [2.05, 4.69) is 10.3 Å². The van der Waals surface area contributed by atoms with Crippen molar-refractivity contribution in [2.75, 3.05) is 11.1 Å². The highest BCUT2D eigenvalue weighted by Gasteiger charge is 2.10. The largest absolute Gasteiger partial charge is 0.431 e. The molecule has 0 atom stereocenters. The van der Waals surface area contributed by atoms with Crippen molar-refractivity contribution in [1.29, 1.82) is 0 Å². The second-order valence-corrected chi connectivity index (χ2v) is 7.67. The Morgan fingerprint density at radius 1 is 1.07 bits per heavy atom. The van der Waals surface area contributed by atoms with E-state index < -0.39 is 4.92 Å². The number of nitro benzene ring substituents is 1. The average molecular weight is 440 g/mol. The maximum Gasteiger partial charge on any atom is 0.269 e. The number of nitrogens with one attached hydrogen (secondary N) is 1. The molecule has 0 unspecified atom stereocenters. The summed E-state index contributed by atoms with van der Waals surface area (Å²) < 4.78 is 5.58. The summed E-state index contributed by atoms with van der Waals surface area (Å²) in [5.41, 5.74) is 3.70. The number of nitrogens with zero attached hydrogens (tertiary/aromatic N) is 2. The summed E-state index contributed by atoms with van der Waals surface area (Å²) in [5.74, 6) is -0.0478. The smallest absolute Gasteiger partial charge is 0.269 e. The molecule has 4 rings (SSSR count). The number of halogens is 1. The zero-order valence-electron chi connectivity index (χ0n) is 15.4. The Kier molecular flexibility index (Phi) is 5.69. The monoisotopic (exact) mass is 439 g/mol. The van der Waals surface area contributed by atoms with Gasteiger partial charge < -0.3 is 9.73 Å². The highest BCUT2D eigenvalue weighted by atomic mass is 35.5. The van der Waals surface area contributed by atoms with Gasteiger partial charge in [0, 0.05) is 22.8 Å². The standard InChI is InChI=1S/C21H14ClN3O4S/c22-15-5-10-19-18(11-15)24-21(29-19)30-12-20(26)23-16-6-1-13(2-7-16)14-3-8-17(9-4-14)25(27)28/h1-11H,12H2,(H,23,26). The SMILES string of the molecule is O=C(CSc1nc2cc(Cl)ccc2o1)Nc1ccc(-c2ccc([N+](=O)[O-])cc2)cc1. The Morgan fingerprint density at radius 2 is 1.73 bits per heavy atom. The number of benzene rings is 3. The van der Waals surface area contributed by atoms with E-state index in [1.54, 1.807) is 42.5 Å². The van der Waals surface area contributed by atoms with Crippen LogP contribution in [0, 0.1) is 10.1 Å². The van der Waals surface area contributed by atoms with Crippen molar-refractivity contribution in [3.05, 3.63) is 81.9 Å². The molecule has 3 aromatic carbocycles. The number of hydrogen-bond acceptors (Lipinski definition) is 6. The van der Waals surface area contributed by atoms with Gasteiger partial charge in [-0.1, -0.05) is 35.5 Å². The molecule has 1 aromatic heterocycles. The molecule has 7 nitrogen and oxygen atoms in total. The summed E-state index contributed by atoms with van der Waals surface area (Å²) in [4.78, 5) is 26.8. The van der Waals surface area contributed by atoms with Gasteiger partial charge >= 0.3 is 0 Å². The lowest BCUT2D eigenvalue weighted by Crippen LogP contribution is -2.13. The van der Waals surface area contributed by atoms with Gasteiger partial charge in [-0.2, -0.15) is 0 Å². The third-order valence-electron chi connectivity index (χ3n) is 4.24. The van der Waals surface area contributed by atoms with E-state index in [1.165, 1.54) is 23.9 Å². The maximum absolute atomic E-state index is 12.2. The molecule has 0 aliphatic heterocycles. The van der Waals surface area contributed by atoms with Crippen molar-refractivity contribution in [3.8, 4) is 11.1 Å². The van der Waals surface area contributed by atoms with Crippen molar-refractivity contribution < 1.29 is 14.1 Å². The summed E-state index contributed by atoms with van der Waals surface area (Å²) in [6.45, 7) is 0. The second kappa shape index (κ2) is 8.56. The van der Waals surface area contributed by atoms with E-state index in [1.807, 2.05) is 12.1 Å². The fraction of sp³-hybridized carbons (Fsp3) is 0.0476. The van der Waals surface area contributed by atoms with Crippen LogP contribution in [0.3, 0.4) is 0 Å². The molecule has 30 heavy (non-hydrogen) atoms. The van der Waals surface area contributed by atoms with E-state index in [-0.39, 0.29) is 17.3 Å². The van der Waals surface area contributed by atoms with Crippen molar-refractivity contribution in [1.82, 2.24) is 4.98 Å². The third-order valence-corrected chi connectivity index (χ3v) is 5.30. The van der Waals surface area contributed by atoms with Crippen LogP contribution >= 0.6 is 23.4 Å². The van der Waals surface area contributed by atoms with E-state index in [4.69, 9.17) is 16.0 Å². The normalized spacial score (nSPS) is 10.8. The lowest BCUT2D eigenvalue weighted by atomic mass is 10.1. The molecule has 150 valence electrons. The zero-order valence-corrected chi connectivity index (χ0v) is 16.9. The first-order chi connectivity index (χ1) is 14.5. The van der Waals surface area contributed by atoms with Gasteiger partial charge in [0.05, 0.1) is 10.7 Å². The third kappa shape index (κ3) is 4.61. The number of non-ortho nitro benzene ring substituents is 1. The molecule has 0 spiro atoms. The van der Waals surface area contributed by atoms with Crippen LogP contribution < -0.4 is 5.32 Å². The molecule has 1 heterocycles. The molecule has 4 aromatic rings. The molecular formula is C21H14ClN3O4S. The first-order valence-corrected chi connectivity index (χ1v) is 10.2. The Hall–Kier alpha value is -3.36. The topological polar surface area (TPSA) is 98.3 Å². The number of hydrogen-bond donors (Lipinski definition) is 1. The number of amides is 1. The zero-order chi connectivity index (χ0) is 21.1. The number of thioether (sulfide) groups is 1. The van der Waals surface area contributed by atoms with Crippen LogP contribution in [0.25, 0.3) is 22.2 Å². The number of fused-ring (bicyclic) bond motifs is 1. The van der Waals surface area contributed by atoms with Crippen LogP contribution in [0.2, 0.25) is 5.02 Å². The molecule has 0 radical (unpaired) electrons. The number of anilines is 1. The van der Waals surface area contributed by atoms with Crippen LogP contribution in [0.5, 0.6) is 0 Å².